The molecular formula is C12H22O2. The van der Waals surface area contributed by atoms with Crippen LogP contribution in [0.25, 0.3) is 0 Å². The lowest BCUT2D eigenvalue weighted by molar-refractivity contribution is -0.147. The van der Waals surface area contributed by atoms with Crippen LogP contribution >= 0.6 is 0 Å². The first kappa shape index (κ1) is 11.7. The van der Waals surface area contributed by atoms with E-state index in [1.54, 1.807) is 0 Å². The third-order valence-corrected chi connectivity index (χ3v) is 3.34. The second-order valence-corrected chi connectivity index (χ2v) is 4.31. The van der Waals surface area contributed by atoms with Crippen LogP contribution < -0.4 is 0 Å². The van der Waals surface area contributed by atoms with Crippen LogP contribution in [0.1, 0.15) is 52.9 Å². The molecular weight excluding hydrogens is 176 g/mol. The molecule has 0 N–H and O–H groups in total. The van der Waals surface area contributed by atoms with Crippen LogP contribution in [0.3, 0.4) is 0 Å². The maximum atomic E-state index is 12.2. The summed E-state index contributed by atoms with van der Waals surface area (Å²) in [6.07, 6.45) is 5.08. The van der Waals surface area contributed by atoms with Gasteiger partial charge in [0.2, 0.25) is 0 Å². The van der Waals surface area contributed by atoms with Crippen LogP contribution in [-0.4, -0.2) is 18.0 Å². The maximum absolute atomic E-state index is 12.2. The van der Waals surface area contributed by atoms with Crippen LogP contribution in [-0.2, 0) is 9.53 Å². The summed E-state index contributed by atoms with van der Waals surface area (Å²) in [7, 11) is 0. The summed E-state index contributed by atoms with van der Waals surface area (Å²) in [6.45, 7) is 6.71. The van der Waals surface area contributed by atoms with Gasteiger partial charge in [0.25, 0.3) is 0 Å². The quantitative estimate of drug-likeness (QED) is 0.679. The number of Topliss-reactive ketones (excluding diaryl/α,β-unsaturated/α-hetero) is 1. The Morgan fingerprint density at radius 1 is 1.36 bits per heavy atom. The fourth-order valence-corrected chi connectivity index (χ4v) is 2.32. The van der Waals surface area contributed by atoms with E-state index in [0.717, 1.165) is 32.1 Å². The number of hydrogen-bond acceptors (Lipinski definition) is 2. The van der Waals surface area contributed by atoms with Crippen LogP contribution in [0.5, 0.6) is 0 Å². The number of carbonyl (C=O) groups is 1. The Hall–Kier alpha value is -0.370. The van der Waals surface area contributed by atoms with Crippen LogP contribution in [0.15, 0.2) is 0 Å². The van der Waals surface area contributed by atoms with Gasteiger partial charge >= 0.3 is 0 Å². The number of carbonyl (C=O) groups excluding carboxylic acids is 1. The van der Waals surface area contributed by atoms with Crippen molar-refractivity contribution in [3.05, 3.63) is 0 Å². The lowest BCUT2D eigenvalue weighted by Crippen LogP contribution is -2.42. The summed E-state index contributed by atoms with van der Waals surface area (Å²) < 4.78 is 5.73. The molecule has 82 valence electrons. The molecule has 14 heavy (non-hydrogen) atoms. The van der Waals surface area contributed by atoms with E-state index in [1.807, 2.05) is 13.8 Å². The van der Waals surface area contributed by atoms with E-state index in [0.29, 0.717) is 12.4 Å². The van der Waals surface area contributed by atoms with Crippen LogP contribution in [0, 0.1) is 5.92 Å². The molecule has 1 aliphatic rings. The SMILES string of the molecule is CCOC1(C(=O)C(C)CC)CCCC1. The third-order valence-electron chi connectivity index (χ3n) is 3.34. The Kier molecular flexibility index (Phi) is 4.11. The number of hydrogen-bond donors (Lipinski definition) is 0. The van der Waals surface area contributed by atoms with Crippen molar-refractivity contribution in [1.82, 2.24) is 0 Å². The predicted octanol–water partition coefficient (Wildman–Crippen LogP) is 2.95. The van der Waals surface area contributed by atoms with E-state index in [-0.39, 0.29) is 5.92 Å². The van der Waals surface area contributed by atoms with Crippen molar-refractivity contribution in [2.45, 2.75) is 58.5 Å². The molecule has 0 heterocycles. The van der Waals surface area contributed by atoms with Gasteiger partial charge in [0.05, 0.1) is 0 Å². The van der Waals surface area contributed by atoms with E-state index in [9.17, 15) is 4.79 Å². The van der Waals surface area contributed by atoms with E-state index >= 15 is 0 Å². The minimum atomic E-state index is -0.413. The van der Waals surface area contributed by atoms with Crippen molar-refractivity contribution in [2.75, 3.05) is 6.61 Å². The average molecular weight is 198 g/mol. The summed E-state index contributed by atoms with van der Waals surface area (Å²) >= 11 is 0. The Labute approximate surface area is 87.0 Å². The van der Waals surface area contributed by atoms with Gasteiger partial charge < -0.3 is 4.74 Å². The Morgan fingerprint density at radius 2 is 1.93 bits per heavy atom. The van der Waals surface area contributed by atoms with Crippen molar-refractivity contribution in [3.63, 3.8) is 0 Å². The lowest BCUT2D eigenvalue weighted by Gasteiger charge is -2.29. The van der Waals surface area contributed by atoms with Crippen molar-refractivity contribution >= 4 is 5.78 Å². The zero-order valence-corrected chi connectivity index (χ0v) is 9.64. The molecule has 0 aromatic carbocycles. The third kappa shape index (κ3) is 2.17. The van der Waals surface area contributed by atoms with Crippen molar-refractivity contribution in [3.8, 4) is 0 Å². The fourth-order valence-electron chi connectivity index (χ4n) is 2.32. The summed E-state index contributed by atoms with van der Waals surface area (Å²) in [5, 5.41) is 0. The smallest absolute Gasteiger partial charge is 0.167 e. The van der Waals surface area contributed by atoms with Gasteiger partial charge in [-0.25, -0.2) is 0 Å². The Bertz CT molecular complexity index is 192. The highest BCUT2D eigenvalue weighted by molar-refractivity contribution is 5.89. The maximum Gasteiger partial charge on any atom is 0.167 e. The van der Waals surface area contributed by atoms with Crippen molar-refractivity contribution in [1.29, 1.82) is 0 Å². The minimum absolute atomic E-state index is 0.152. The molecule has 0 aromatic heterocycles. The summed E-state index contributed by atoms with van der Waals surface area (Å²) in [4.78, 5) is 12.2. The van der Waals surface area contributed by atoms with Gasteiger partial charge in [-0.2, -0.15) is 0 Å². The molecule has 0 aliphatic heterocycles. The monoisotopic (exact) mass is 198 g/mol. The highest BCUT2D eigenvalue weighted by atomic mass is 16.5. The molecule has 2 nitrogen and oxygen atoms in total. The number of ether oxygens (including phenoxy) is 1. The van der Waals surface area contributed by atoms with E-state index in [4.69, 9.17) is 4.74 Å². The Morgan fingerprint density at radius 3 is 2.36 bits per heavy atom. The summed E-state index contributed by atoms with van der Waals surface area (Å²) in [6, 6.07) is 0. The molecule has 2 heteroatoms. The van der Waals surface area contributed by atoms with Gasteiger partial charge in [-0.1, -0.05) is 13.8 Å². The second kappa shape index (κ2) is 4.92. The first-order valence-electron chi connectivity index (χ1n) is 5.84. The van der Waals surface area contributed by atoms with Crippen molar-refractivity contribution in [2.24, 2.45) is 5.92 Å². The molecule has 1 aliphatic carbocycles. The number of ketones is 1. The van der Waals surface area contributed by atoms with Crippen LogP contribution in [0.2, 0.25) is 0 Å². The minimum Gasteiger partial charge on any atom is -0.367 e. The molecule has 1 atom stereocenters. The standard InChI is InChI=1S/C12H22O2/c1-4-10(3)11(13)12(14-5-2)8-6-7-9-12/h10H,4-9H2,1-3H3. The van der Waals surface area contributed by atoms with Crippen molar-refractivity contribution < 1.29 is 9.53 Å². The van der Waals surface area contributed by atoms with Gasteiger partial charge in [0, 0.05) is 12.5 Å². The zero-order valence-electron chi connectivity index (χ0n) is 9.64. The average Bonchev–Trinajstić information content (AvgIpc) is 2.66. The summed E-state index contributed by atoms with van der Waals surface area (Å²) in [5.41, 5.74) is -0.413. The molecule has 1 rings (SSSR count). The normalized spacial score (nSPS) is 22.2. The van der Waals surface area contributed by atoms with E-state index in [1.165, 1.54) is 0 Å². The first-order chi connectivity index (χ1) is 6.66. The Balaban J connectivity index is 2.71. The van der Waals surface area contributed by atoms with Gasteiger partial charge in [-0.3, -0.25) is 4.79 Å². The highest BCUT2D eigenvalue weighted by Crippen LogP contribution is 2.36. The molecule has 0 aromatic rings. The van der Waals surface area contributed by atoms with Gasteiger partial charge in [-0.05, 0) is 39.0 Å². The topological polar surface area (TPSA) is 26.3 Å². The number of rotatable bonds is 5. The zero-order chi connectivity index (χ0) is 10.6. The predicted molar refractivity (Wildman–Crippen MR) is 57.3 cm³/mol. The highest BCUT2D eigenvalue weighted by Gasteiger charge is 2.42. The van der Waals surface area contributed by atoms with E-state index in [2.05, 4.69) is 6.92 Å². The fraction of sp³-hybridized carbons (Fsp3) is 0.917. The van der Waals surface area contributed by atoms with Crippen LogP contribution in [0.4, 0.5) is 0 Å². The molecule has 0 saturated heterocycles. The molecule has 0 spiro atoms. The second-order valence-electron chi connectivity index (χ2n) is 4.31. The molecule has 1 unspecified atom stereocenters. The molecule has 1 saturated carbocycles. The summed E-state index contributed by atoms with van der Waals surface area (Å²) in [5.74, 6) is 0.485. The lowest BCUT2D eigenvalue weighted by atomic mass is 9.87. The van der Waals surface area contributed by atoms with Gasteiger partial charge in [0.15, 0.2) is 5.78 Å². The molecule has 0 radical (unpaired) electrons. The van der Waals surface area contributed by atoms with Gasteiger partial charge in [0.1, 0.15) is 5.60 Å². The van der Waals surface area contributed by atoms with Gasteiger partial charge in [-0.15, -0.1) is 0 Å². The molecule has 0 bridgehead atoms. The molecule has 1 fully saturated rings. The van der Waals surface area contributed by atoms with E-state index < -0.39 is 5.60 Å². The largest absolute Gasteiger partial charge is 0.367 e. The first-order valence-corrected chi connectivity index (χ1v) is 5.84. The molecule has 0 amide bonds.